The normalized spacial score (nSPS) is 12.2. The number of thiophene rings is 1. The zero-order valence-electron chi connectivity index (χ0n) is 12.8. The molecule has 0 spiro atoms. The zero-order chi connectivity index (χ0) is 15.2. The molecular formula is C15H21N3O2S. The topological polar surface area (TPSA) is 56.3 Å². The minimum atomic E-state index is -0.0155. The van der Waals surface area contributed by atoms with Gasteiger partial charge in [-0.15, -0.1) is 11.3 Å². The van der Waals surface area contributed by atoms with Crippen molar-refractivity contribution in [3.8, 4) is 11.8 Å². The van der Waals surface area contributed by atoms with Crippen molar-refractivity contribution < 1.29 is 9.47 Å². The molecule has 0 aliphatic heterocycles. The van der Waals surface area contributed by atoms with Crippen molar-refractivity contribution in [3.05, 3.63) is 33.8 Å². The summed E-state index contributed by atoms with van der Waals surface area (Å²) in [5, 5.41) is 5.59. The van der Waals surface area contributed by atoms with Gasteiger partial charge in [0.2, 0.25) is 11.8 Å². The first-order chi connectivity index (χ1) is 10.2. The van der Waals surface area contributed by atoms with Crippen molar-refractivity contribution in [1.82, 2.24) is 15.3 Å². The highest BCUT2D eigenvalue weighted by Crippen LogP contribution is 2.33. The van der Waals surface area contributed by atoms with E-state index in [1.54, 1.807) is 31.8 Å². The number of hydrogen-bond donors (Lipinski definition) is 1. The maximum absolute atomic E-state index is 5.40. The van der Waals surface area contributed by atoms with Gasteiger partial charge in [0.15, 0.2) is 0 Å². The van der Waals surface area contributed by atoms with E-state index in [1.807, 2.05) is 0 Å². The van der Waals surface area contributed by atoms with E-state index in [-0.39, 0.29) is 6.04 Å². The molecule has 0 aromatic carbocycles. The fraction of sp³-hybridized carbons (Fsp3) is 0.467. The number of hydrogen-bond acceptors (Lipinski definition) is 6. The molecule has 2 aromatic rings. The average molecular weight is 307 g/mol. The second-order valence-electron chi connectivity index (χ2n) is 4.46. The predicted molar refractivity (Wildman–Crippen MR) is 84.4 cm³/mol. The number of nitrogens with one attached hydrogen (secondary N) is 1. The summed E-state index contributed by atoms with van der Waals surface area (Å²) in [6.45, 7) is 5.07. The third-order valence-corrected chi connectivity index (χ3v) is 4.28. The van der Waals surface area contributed by atoms with E-state index in [1.165, 1.54) is 10.4 Å². The first-order valence-electron chi connectivity index (χ1n) is 6.99. The van der Waals surface area contributed by atoms with Gasteiger partial charge in [0.25, 0.3) is 0 Å². The lowest BCUT2D eigenvalue weighted by molar-refractivity contribution is 0.353. The van der Waals surface area contributed by atoms with Crippen molar-refractivity contribution in [2.75, 3.05) is 20.8 Å². The Kier molecular flexibility index (Phi) is 5.52. The van der Waals surface area contributed by atoms with Crippen LogP contribution in [0, 0.1) is 0 Å². The SMILES string of the molecule is CCNC(c1ncc(OC)nc1OC)c1sccc1CC. The van der Waals surface area contributed by atoms with Crippen molar-refractivity contribution >= 4 is 11.3 Å². The quantitative estimate of drug-likeness (QED) is 0.852. The highest BCUT2D eigenvalue weighted by atomic mass is 32.1. The van der Waals surface area contributed by atoms with Gasteiger partial charge in [0.1, 0.15) is 5.69 Å². The second-order valence-corrected chi connectivity index (χ2v) is 5.41. The van der Waals surface area contributed by atoms with Gasteiger partial charge in [-0.25, -0.2) is 4.98 Å². The predicted octanol–water partition coefficient (Wildman–Crippen LogP) is 2.82. The molecule has 0 aliphatic rings. The minimum Gasteiger partial charge on any atom is -0.480 e. The van der Waals surface area contributed by atoms with Gasteiger partial charge in [-0.2, -0.15) is 4.98 Å². The molecule has 6 heteroatoms. The largest absolute Gasteiger partial charge is 0.480 e. The summed E-state index contributed by atoms with van der Waals surface area (Å²) in [5.41, 5.74) is 2.11. The number of aromatic nitrogens is 2. The van der Waals surface area contributed by atoms with Crippen LogP contribution in [0.25, 0.3) is 0 Å². The van der Waals surface area contributed by atoms with Crippen LogP contribution in [0.1, 0.15) is 36.0 Å². The summed E-state index contributed by atoms with van der Waals surface area (Å²) >= 11 is 1.73. The van der Waals surface area contributed by atoms with Crippen LogP contribution in [0.4, 0.5) is 0 Å². The molecule has 21 heavy (non-hydrogen) atoms. The number of nitrogens with zero attached hydrogens (tertiary/aromatic N) is 2. The molecule has 0 fully saturated rings. The first kappa shape index (κ1) is 15.7. The maximum Gasteiger partial charge on any atom is 0.240 e. The fourth-order valence-corrected chi connectivity index (χ4v) is 3.30. The van der Waals surface area contributed by atoms with Gasteiger partial charge < -0.3 is 14.8 Å². The average Bonchev–Trinajstić information content (AvgIpc) is 3.00. The van der Waals surface area contributed by atoms with Crippen LogP contribution in [-0.2, 0) is 6.42 Å². The Hall–Kier alpha value is -1.66. The van der Waals surface area contributed by atoms with Crippen LogP contribution in [0.3, 0.4) is 0 Å². The van der Waals surface area contributed by atoms with Gasteiger partial charge in [-0.1, -0.05) is 13.8 Å². The smallest absolute Gasteiger partial charge is 0.240 e. The molecule has 0 amide bonds. The standard InChI is InChI=1S/C15H21N3O2S/c1-5-10-7-8-21-14(10)12(16-6-2)13-15(20-4)18-11(19-3)9-17-13/h7-9,12,16H,5-6H2,1-4H3. The van der Waals surface area contributed by atoms with Crippen molar-refractivity contribution in [3.63, 3.8) is 0 Å². The lowest BCUT2D eigenvalue weighted by Gasteiger charge is -2.19. The summed E-state index contributed by atoms with van der Waals surface area (Å²) in [5.74, 6) is 0.948. The number of aryl methyl sites for hydroxylation is 1. The van der Waals surface area contributed by atoms with Crippen LogP contribution in [0.2, 0.25) is 0 Å². The molecule has 1 atom stereocenters. The number of methoxy groups -OCH3 is 2. The molecule has 0 saturated heterocycles. The summed E-state index contributed by atoms with van der Waals surface area (Å²) in [7, 11) is 3.17. The van der Waals surface area contributed by atoms with Crippen LogP contribution < -0.4 is 14.8 Å². The Morgan fingerprint density at radius 2 is 2.10 bits per heavy atom. The molecule has 114 valence electrons. The molecule has 0 bridgehead atoms. The monoisotopic (exact) mass is 307 g/mol. The van der Waals surface area contributed by atoms with E-state index in [9.17, 15) is 0 Å². The zero-order valence-corrected chi connectivity index (χ0v) is 13.7. The molecule has 1 unspecified atom stereocenters. The van der Waals surface area contributed by atoms with E-state index >= 15 is 0 Å². The Balaban J connectivity index is 2.47. The summed E-state index contributed by atoms with van der Waals surface area (Å²) in [4.78, 5) is 10.1. The maximum atomic E-state index is 5.40. The Labute approximate surface area is 129 Å². The van der Waals surface area contributed by atoms with E-state index in [0.717, 1.165) is 18.7 Å². The third-order valence-electron chi connectivity index (χ3n) is 3.25. The molecule has 0 radical (unpaired) electrons. The van der Waals surface area contributed by atoms with Crippen molar-refractivity contribution in [2.45, 2.75) is 26.3 Å². The molecule has 2 rings (SSSR count). The van der Waals surface area contributed by atoms with Crippen molar-refractivity contribution in [1.29, 1.82) is 0 Å². The van der Waals surface area contributed by atoms with Gasteiger partial charge in [-0.05, 0) is 30.0 Å². The van der Waals surface area contributed by atoms with E-state index in [4.69, 9.17) is 9.47 Å². The highest BCUT2D eigenvalue weighted by Gasteiger charge is 2.24. The highest BCUT2D eigenvalue weighted by molar-refractivity contribution is 7.10. The summed E-state index contributed by atoms with van der Waals surface area (Å²) < 4.78 is 10.5. The summed E-state index contributed by atoms with van der Waals surface area (Å²) in [6.07, 6.45) is 2.62. The van der Waals surface area contributed by atoms with Gasteiger partial charge >= 0.3 is 0 Å². The van der Waals surface area contributed by atoms with Crippen LogP contribution in [-0.4, -0.2) is 30.7 Å². The fourth-order valence-electron chi connectivity index (χ4n) is 2.22. The van der Waals surface area contributed by atoms with Crippen LogP contribution in [0.5, 0.6) is 11.8 Å². The lowest BCUT2D eigenvalue weighted by atomic mass is 10.1. The number of ether oxygens (including phenoxy) is 2. The van der Waals surface area contributed by atoms with E-state index < -0.39 is 0 Å². The van der Waals surface area contributed by atoms with Crippen molar-refractivity contribution in [2.24, 2.45) is 0 Å². The Morgan fingerprint density at radius 3 is 2.71 bits per heavy atom. The molecule has 0 aliphatic carbocycles. The van der Waals surface area contributed by atoms with Crippen LogP contribution in [0.15, 0.2) is 17.6 Å². The third kappa shape index (κ3) is 3.33. The number of rotatable bonds is 7. The Bertz CT molecular complexity index is 586. The lowest BCUT2D eigenvalue weighted by Crippen LogP contribution is -2.24. The van der Waals surface area contributed by atoms with Gasteiger partial charge in [-0.3, -0.25) is 0 Å². The molecule has 1 N–H and O–H groups in total. The molecule has 2 heterocycles. The molecule has 2 aromatic heterocycles. The molecule has 0 saturated carbocycles. The van der Waals surface area contributed by atoms with Gasteiger partial charge in [0, 0.05) is 4.88 Å². The Morgan fingerprint density at radius 1 is 1.29 bits per heavy atom. The molecule has 5 nitrogen and oxygen atoms in total. The first-order valence-corrected chi connectivity index (χ1v) is 7.87. The van der Waals surface area contributed by atoms with Gasteiger partial charge in [0.05, 0.1) is 26.5 Å². The minimum absolute atomic E-state index is 0.0155. The van der Waals surface area contributed by atoms with E-state index in [2.05, 4.69) is 40.6 Å². The molecular weight excluding hydrogens is 286 g/mol. The van der Waals surface area contributed by atoms with Crippen LogP contribution >= 0.6 is 11.3 Å². The summed E-state index contributed by atoms with van der Waals surface area (Å²) in [6, 6.07) is 2.15. The second kappa shape index (κ2) is 7.38. The van der Waals surface area contributed by atoms with E-state index in [0.29, 0.717) is 11.8 Å².